The molecule has 0 saturated carbocycles. The van der Waals surface area contributed by atoms with E-state index < -0.39 is 33.7 Å². The van der Waals surface area contributed by atoms with Gasteiger partial charge in [-0.15, -0.1) is 0 Å². The number of nitrogens with zero attached hydrogens (tertiary/aromatic N) is 2. The fourth-order valence-corrected chi connectivity index (χ4v) is 1.46. The number of nitrogens with one attached hydrogen (secondary N) is 1. The molecule has 0 aliphatic heterocycles. The molecule has 0 fully saturated rings. The standard InChI is InChI=1S/C11H7F3N4O2/c12-5-1-2-6(10(14)9(5)13)16-11-7(18(19)20)3-4-8(15)17-11/h1-4H,(H3,15,16,17). The van der Waals surface area contributed by atoms with Crippen molar-refractivity contribution < 1.29 is 18.1 Å². The molecule has 0 aliphatic carbocycles. The van der Waals surface area contributed by atoms with Crippen LogP contribution >= 0.6 is 0 Å². The van der Waals surface area contributed by atoms with Crippen LogP contribution < -0.4 is 11.1 Å². The lowest BCUT2D eigenvalue weighted by atomic mass is 10.2. The highest BCUT2D eigenvalue weighted by molar-refractivity contribution is 5.67. The first-order chi connectivity index (χ1) is 9.40. The Morgan fingerprint density at radius 3 is 2.50 bits per heavy atom. The van der Waals surface area contributed by atoms with E-state index in [0.29, 0.717) is 6.07 Å². The van der Waals surface area contributed by atoms with Crippen molar-refractivity contribution in [2.24, 2.45) is 0 Å². The number of benzene rings is 1. The maximum absolute atomic E-state index is 13.5. The summed E-state index contributed by atoms with van der Waals surface area (Å²) in [5.41, 5.74) is 4.39. The molecule has 2 rings (SSSR count). The summed E-state index contributed by atoms with van der Waals surface area (Å²) in [6.07, 6.45) is 0. The lowest BCUT2D eigenvalue weighted by Gasteiger charge is -2.08. The number of hydrogen-bond acceptors (Lipinski definition) is 5. The van der Waals surface area contributed by atoms with E-state index in [0.717, 1.165) is 12.1 Å². The average Bonchev–Trinajstić information content (AvgIpc) is 2.39. The molecule has 3 N–H and O–H groups in total. The number of pyridine rings is 1. The lowest BCUT2D eigenvalue weighted by Crippen LogP contribution is -2.04. The van der Waals surface area contributed by atoms with Gasteiger partial charge < -0.3 is 11.1 Å². The van der Waals surface area contributed by atoms with Crippen LogP contribution in [0.15, 0.2) is 24.3 Å². The number of hydrogen-bond donors (Lipinski definition) is 2. The molecule has 104 valence electrons. The molecule has 0 atom stereocenters. The number of aromatic nitrogens is 1. The number of nitro groups is 1. The molecule has 20 heavy (non-hydrogen) atoms. The zero-order valence-corrected chi connectivity index (χ0v) is 9.73. The van der Waals surface area contributed by atoms with E-state index in [4.69, 9.17) is 5.73 Å². The van der Waals surface area contributed by atoms with Gasteiger partial charge in [-0.2, -0.15) is 0 Å². The molecular weight excluding hydrogens is 277 g/mol. The van der Waals surface area contributed by atoms with Crippen LogP contribution in [0.25, 0.3) is 0 Å². The molecule has 6 nitrogen and oxygen atoms in total. The Hall–Kier alpha value is -2.84. The Morgan fingerprint density at radius 1 is 1.15 bits per heavy atom. The van der Waals surface area contributed by atoms with Crippen LogP contribution in [0.4, 0.5) is 36.2 Å². The summed E-state index contributed by atoms with van der Waals surface area (Å²) in [6.45, 7) is 0. The van der Waals surface area contributed by atoms with Crippen molar-refractivity contribution in [3.63, 3.8) is 0 Å². The van der Waals surface area contributed by atoms with Gasteiger partial charge in [0, 0.05) is 6.07 Å². The molecule has 0 unspecified atom stereocenters. The second-order valence-corrected chi connectivity index (χ2v) is 3.71. The van der Waals surface area contributed by atoms with Gasteiger partial charge in [-0.05, 0) is 18.2 Å². The molecule has 0 spiro atoms. The molecule has 1 aromatic heterocycles. The smallest absolute Gasteiger partial charge is 0.311 e. The number of halogens is 3. The van der Waals surface area contributed by atoms with E-state index in [1.807, 2.05) is 0 Å². The van der Waals surface area contributed by atoms with Crippen LogP contribution in [0.2, 0.25) is 0 Å². The summed E-state index contributed by atoms with van der Waals surface area (Å²) in [7, 11) is 0. The first-order valence-electron chi connectivity index (χ1n) is 5.21. The van der Waals surface area contributed by atoms with Crippen molar-refractivity contribution in [3.8, 4) is 0 Å². The SMILES string of the molecule is Nc1ccc([N+](=O)[O-])c(Nc2ccc(F)c(F)c2F)n1. The first kappa shape index (κ1) is 13.6. The monoisotopic (exact) mass is 284 g/mol. The van der Waals surface area contributed by atoms with Gasteiger partial charge in [0.2, 0.25) is 5.82 Å². The fourth-order valence-electron chi connectivity index (χ4n) is 1.46. The van der Waals surface area contributed by atoms with Crippen molar-refractivity contribution in [3.05, 3.63) is 51.8 Å². The van der Waals surface area contributed by atoms with Crippen molar-refractivity contribution in [1.29, 1.82) is 0 Å². The maximum atomic E-state index is 13.5. The second kappa shape index (κ2) is 5.03. The van der Waals surface area contributed by atoms with Gasteiger partial charge in [0.15, 0.2) is 17.5 Å². The van der Waals surface area contributed by atoms with Gasteiger partial charge in [-0.3, -0.25) is 10.1 Å². The summed E-state index contributed by atoms with van der Waals surface area (Å²) < 4.78 is 39.3. The van der Waals surface area contributed by atoms with Crippen molar-refractivity contribution in [2.45, 2.75) is 0 Å². The quantitative estimate of drug-likeness (QED) is 0.513. The van der Waals surface area contributed by atoms with Crippen molar-refractivity contribution >= 4 is 23.0 Å². The third kappa shape index (κ3) is 2.46. The van der Waals surface area contributed by atoms with Crippen LogP contribution in [-0.4, -0.2) is 9.91 Å². The lowest BCUT2D eigenvalue weighted by molar-refractivity contribution is -0.384. The fraction of sp³-hybridized carbons (Fsp3) is 0. The van der Waals surface area contributed by atoms with Crippen molar-refractivity contribution in [1.82, 2.24) is 4.98 Å². The van der Waals surface area contributed by atoms with Gasteiger partial charge in [-0.1, -0.05) is 0 Å². The Morgan fingerprint density at radius 2 is 1.85 bits per heavy atom. The molecule has 1 heterocycles. The van der Waals surface area contributed by atoms with Crippen LogP contribution in [0.1, 0.15) is 0 Å². The van der Waals surface area contributed by atoms with Crippen molar-refractivity contribution in [2.75, 3.05) is 11.1 Å². The predicted molar refractivity (Wildman–Crippen MR) is 64.9 cm³/mol. The Kier molecular flexibility index (Phi) is 3.42. The topological polar surface area (TPSA) is 94.1 Å². The summed E-state index contributed by atoms with van der Waals surface area (Å²) in [4.78, 5) is 13.6. The van der Waals surface area contributed by atoms with E-state index in [1.54, 1.807) is 0 Å². The van der Waals surface area contributed by atoms with Crippen LogP contribution in [0, 0.1) is 27.6 Å². The largest absolute Gasteiger partial charge is 0.384 e. The Bertz CT molecular complexity index is 694. The normalized spacial score (nSPS) is 10.3. The maximum Gasteiger partial charge on any atom is 0.311 e. The van der Waals surface area contributed by atoms with Crippen LogP contribution in [0.5, 0.6) is 0 Å². The van der Waals surface area contributed by atoms with Gasteiger partial charge in [0.1, 0.15) is 5.82 Å². The number of anilines is 3. The number of nitrogens with two attached hydrogens (primary N) is 1. The highest BCUT2D eigenvalue weighted by Crippen LogP contribution is 2.28. The average molecular weight is 284 g/mol. The minimum Gasteiger partial charge on any atom is -0.384 e. The van der Waals surface area contributed by atoms with Gasteiger partial charge in [0.05, 0.1) is 10.6 Å². The molecule has 9 heteroatoms. The molecule has 0 saturated heterocycles. The van der Waals surface area contributed by atoms with Gasteiger partial charge >= 0.3 is 5.69 Å². The van der Waals surface area contributed by atoms with Gasteiger partial charge in [-0.25, -0.2) is 18.2 Å². The van der Waals surface area contributed by atoms with E-state index >= 15 is 0 Å². The molecule has 0 aliphatic rings. The molecule has 0 bridgehead atoms. The summed E-state index contributed by atoms with van der Waals surface area (Å²) in [6, 6.07) is 3.81. The first-order valence-corrected chi connectivity index (χ1v) is 5.21. The third-order valence-electron chi connectivity index (χ3n) is 2.38. The zero-order chi connectivity index (χ0) is 14.9. The Balaban J connectivity index is 2.47. The predicted octanol–water partition coefficient (Wildman–Crippen LogP) is 2.73. The van der Waals surface area contributed by atoms with Crippen LogP contribution in [-0.2, 0) is 0 Å². The minimum absolute atomic E-state index is 0.0545. The highest BCUT2D eigenvalue weighted by atomic mass is 19.2. The van der Waals surface area contributed by atoms with Gasteiger partial charge in [0.25, 0.3) is 0 Å². The Labute approximate surface area is 110 Å². The molecule has 1 aromatic carbocycles. The zero-order valence-electron chi connectivity index (χ0n) is 9.73. The number of nitrogen functional groups attached to an aromatic ring is 1. The summed E-state index contributed by atoms with van der Waals surface area (Å²) in [5.74, 6) is -5.01. The highest BCUT2D eigenvalue weighted by Gasteiger charge is 2.19. The van der Waals surface area contributed by atoms with E-state index in [9.17, 15) is 23.3 Å². The molecule has 0 amide bonds. The van der Waals surface area contributed by atoms with E-state index in [2.05, 4.69) is 10.3 Å². The van der Waals surface area contributed by atoms with E-state index in [1.165, 1.54) is 6.07 Å². The summed E-state index contributed by atoms with van der Waals surface area (Å²) in [5, 5.41) is 13.0. The number of rotatable bonds is 3. The minimum atomic E-state index is -1.69. The molecular formula is C11H7F3N4O2. The summed E-state index contributed by atoms with van der Waals surface area (Å²) >= 11 is 0. The third-order valence-corrected chi connectivity index (χ3v) is 2.38. The van der Waals surface area contributed by atoms with Crippen LogP contribution in [0.3, 0.4) is 0 Å². The molecule has 2 aromatic rings. The molecule has 0 radical (unpaired) electrons. The van der Waals surface area contributed by atoms with E-state index in [-0.39, 0.29) is 11.6 Å². The second-order valence-electron chi connectivity index (χ2n) is 3.71.